The van der Waals surface area contributed by atoms with Crippen LogP contribution in [0.1, 0.15) is 54.9 Å². The molecule has 29 heavy (non-hydrogen) atoms. The van der Waals surface area contributed by atoms with Crippen molar-refractivity contribution in [2.75, 3.05) is 32.1 Å². The van der Waals surface area contributed by atoms with E-state index in [1.165, 1.54) is 19.3 Å². The van der Waals surface area contributed by atoms with Crippen LogP contribution in [0.15, 0.2) is 24.3 Å². The summed E-state index contributed by atoms with van der Waals surface area (Å²) >= 11 is 0. The molecule has 1 aliphatic carbocycles. The lowest BCUT2D eigenvalue weighted by atomic mass is 9.91. The van der Waals surface area contributed by atoms with Gasteiger partial charge in [-0.05, 0) is 49.8 Å². The highest BCUT2D eigenvalue weighted by atomic mass is 31.2. The SMILES string of the molecule is CCOC(=O)c1ccc(C[C@H]2CO[C@@H](CP(=O)(O)CC3CCCCC3)CN2)cc1. The molecule has 6 nitrogen and oxygen atoms in total. The maximum Gasteiger partial charge on any atom is 0.338 e. The first-order chi connectivity index (χ1) is 13.9. The van der Waals surface area contributed by atoms with E-state index in [4.69, 9.17) is 9.47 Å². The first-order valence-corrected chi connectivity index (χ1v) is 12.9. The molecule has 0 bridgehead atoms. The Morgan fingerprint density at radius 3 is 2.55 bits per heavy atom. The number of benzene rings is 1. The van der Waals surface area contributed by atoms with Gasteiger partial charge in [0.05, 0.1) is 31.0 Å². The lowest BCUT2D eigenvalue weighted by Gasteiger charge is -2.32. The zero-order chi connectivity index (χ0) is 20.7. The second kappa shape index (κ2) is 10.7. The third kappa shape index (κ3) is 7.21. The lowest BCUT2D eigenvalue weighted by molar-refractivity contribution is 0.0162. The smallest absolute Gasteiger partial charge is 0.338 e. The number of morpholine rings is 1. The minimum Gasteiger partial charge on any atom is -0.462 e. The Hall–Kier alpha value is -1.20. The molecule has 1 unspecified atom stereocenters. The normalized spacial score (nSPS) is 25.3. The lowest BCUT2D eigenvalue weighted by Crippen LogP contribution is -2.48. The number of esters is 1. The molecule has 1 heterocycles. The van der Waals surface area contributed by atoms with Gasteiger partial charge in [-0.1, -0.05) is 31.4 Å². The van der Waals surface area contributed by atoms with E-state index in [9.17, 15) is 14.3 Å². The van der Waals surface area contributed by atoms with Crippen molar-refractivity contribution in [2.45, 2.75) is 57.6 Å². The van der Waals surface area contributed by atoms with Gasteiger partial charge in [-0.25, -0.2) is 4.79 Å². The van der Waals surface area contributed by atoms with Gasteiger partial charge in [-0.3, -0.25) is 4.57 Å². The zero-order valence-electron chi connectivity index (χ0n) is 17.3. The van der Waals surface area contributed by atoms with Crippen LogP contribution >= 0.6 is 7.37 Å². The fraction of sp³-hybridized carbons (Fsp3) is 0.682. The number of rotatable bonds is 8. The van der Waals surface area contributed by atoms with Gasteiger partial charge < -0.3 is 19.7 Å². The molecule has 162 valence electrons. The predicted molar refractivity (Wildman–Crippen MR) is 114 cm³/mol. The van der Waals surface area contributed by atoms with E-state index in [1.807, 2.05) is 12.1 Å². The third-order valence-electron chi connectivity index (χ3n) is 5.87. The second-order valence-electron chi connectivity index (χ2n) is 8.40. The van der Waals surface area contributed by atoms with Gasteiger partial charge >= 0.3 is 5.97 Å². The number of hydrogen-bond acceptors (Lipinski definition) is 5. The monoisotopic (exact) mass is 423 g/mol. The quantitative estimate of drug-likeness (QED) is 0.491. The zero-order valence-corrected chi connectivity index (χ0v) is 18.2. The number of hydrogen-bond donors (Lipinski definition) is 2. The van der Waals surface area contributed by atoms with Crippen molar-refractivity contribution < 1.29 is 23.7 Å². The van der Waals surface area contributed by atoms with Gasteiger partial charge in [0.2, 0.25) is 7.37 Å². The Morgan fingerprint density at radius 2 is 1.93 bits per heavy atom. The number of carbonyl (C=O) groups excluding carboxylic acids is 1. The van der Waals surface area contributed by atoms with E-state index in [2.05, 4.69) is 5.32 Å². The van der Waals surface area contributed by atoms with Crippen LogP contribution in [0.3, 0.4) is 0 Å². The van der Waals surface area contributed by atoms with E-state index in [-0.39, 0.29) is 24.3 Å². The fourth-order valence-corrected chi connectivity index (χ4v) is 6.55. The molecule has 3 atom stereocenters. The Morgan fingerprint density at radius 1 is 1.21 bits per heavy atom. The molecule has 1 aromatic rings. The van der Waals surface area contributed by atoms with Crippen molar-refractivity contribution in [2.24, 2.45) is 5.92 Å². The molecule has 2 N–H and O–H groups in total. The van der Waals surface area contributed by atoms with Gasteiger partial charge in [0.1, 0.15) is 0 Å². The van der Waals surface area contributed by atoms with Gasteiger partial charge in [0, 0.05) is 18.7 Å². The maximum atomic E-state index is 12.7. The number of carbonyl (C=O) groups is 1. The van der Waals surface area contributed by atoms with Gasteiger partial charge in [-0.2, -0.15) is 0 Å². The summed E-state index contributed by atoms with van der Waals surface area (Å²) in [6.45, 7) is 3.28. The summed E-state index contributed by atoms with van der Waals surface area (Å²) in [5, 5.41) is 3.45. The molecule has 7 heteroatoms. The summed E-state index contributed by atoms with van der Waals surface area (Å²) in [5.41, 5.74) is 1.67. The molecule has 2 fully saturated rings. The summed E-state index contributed by atoms with van der Waals surface area (Å²) in [5.74, 6) is 0.101. The van der Waals surface area contributed by atoms with Crippen LogP contribution in [0, 0.1) is 5.92 Å². The number of nitrogens with one attached hydrogen (secondary N) is 1. The Labute approximate surface area is 173 Å². The molecule has 0 radical (unpaired) electrons. The minimum absolute atomic E-state index is 0.163. The molecular weight excluding hydrogens is 389 g/mol. The third-order valence-corrected chi connectivity index (χ3v) is 7.94. The highest BCUT2D eigenvalue weighted by Gasteiger charge is 2.31. The average Bonchev–Trinajstić information content (AvgIpc) is 2.70. The standard InChI is InChI=1S/C22H34NO5P/c1-2-27-22(24)19-10-8-17(9-11-19)12-20-14-28-21(13-23-20)16-29(25,26)15-18-6-4-3-5-7-18/h8-11,18,20-21,23H,2-7,12-16H2,1H3,(H,25,26)/t20-,21+/m0/s1. The molecule has 3 rings (SSSR count). The molecule has 1 aliphatic heterocycles. The molecule has 2 aliphatic rings. The fourth-order valence-electron chi connectivity index (χ4n) is 4.36. The average molecular weight is 423 g/mol. The summed E-state index contributed by atoms with van der Waals surface area (Å²) in [4.78, 5) is 22.2. The van der Waals surface area contributed by atoms with Gasteiger partial charge in [0.25, 0.3) is 0 Å². The molecule has 1 saturated heterocycles. The number of ether oxygens (including phenoxy) is 2. The highest BCUT2D eigenvalue weighted by molar-refractivity contribution is 7.58. The van der Waals surface area contributed by atoms with Crippen LogP contribution in [-0.2, 0) is 20.5 Å². The van der Waals surface area contributed by atoms with E-state index in [0.717, 1.165) is 24.8 Å². The van der Waals surface area contributed by atoms with Crippen LogP contribution < -0.4 is 5.32 Å². The van der Waals surface area contributed by atoms with E-state index in [1.54, 1.807) is 19.1 Å². The first kappa shape index (κ1) is 22.5. The van der Waals surface area contributed by atoms with Crippen LogP contribution in [0.4, 0.5) is 0 Å². The van der Waals surface area contributed by atoms with E-state index < -0.39 is 7.37 Å². The van der Waals surface area contributed by atoms with Crippen molar-refractivity contribution in [1.82, 2.24) is 5.32 Å². The van der Waals surface area contributed by atoms with Crippen molar-refractivity contribution in [3.63, 3.8) is 0 Å². The van der Waals surface area contributed by atoms with Crippen molar-refractivity contribution in [1.29, 1.82) is 0 Å². The second-order valence-corrected chi connectivity index (χ2v) is 10.8. The minimum atomic E-state index is -3.15. The van der Waals surface area contributed by atoms with Crippen LogP contribution in [0.2, 0.25) is 0 Å². The van der Waals surface area contributed by atoms with E-state index >= 15 is 0 Å². The van der Waals surface area contributed by atoms with Crippen molar-refractivity contribution in [3.8, 4) is 0 Å². The maximum absolute atomic E-state index is 12.7. The van der Waals surface area contributed by atoms with Crippen LogP contribution in [0.25, 0.3) is 0 Å². The molecular formula is C22H34NO5P. The summed E-state index contributed by atoms with van der Waals surface area (Å²) in [6, 6.07) is 7.61. The van der Waals surface area contributed by atoms with Crippen LogP contribution in [0.5, 0.6) is 0 Å². The van der Waals surface area contributed by atoms with Gasteiger partial charge in [-0.15, -0.1) is 0 Å². The van der Waals surface area contributed by atoms with Crippen LogP contribution in [-0.4, -0.2) is 55.1 Å². The topological polar surface area (TPSA) is 84.9 Å². The highest BCUT2D eigenvalue weighted by Crippen LogP contribution is 2.46. The summed E-state index contributed by atoms with van der Waals surface area (Å²) < 4.78 is 23.6. The first-order valence-electron chi connectivity index (χ1n) is 10.9. The Balaban J connectivity index is 1.42. The van der Waals surface area contributed by atoms with E-state index in [0.29, 0.717) is 37.4 Å². The summed E-state index contributed by atoms with van der Waals surface area (Å²) in [6.07, 6.45) is 7.10. The largest absolute Gasteiger partial charge is 0.462 e. The predicted octanol–water partition coefficient (Wildman–Crippen LogP) is 3.61. The van der Waals surface area contributed by atoms with Crippen molar-refractivity contribution >= 4 is 13.3 Å². The summed E-state index contributed by atoms with van der Waals surface area (Å²) in [7, 11) is -3.15. The van der Waals surface area contributed by atoms with Crippen molar-refractivity contribution in [3.05, 3.63) is 35.4 Å². The van der Waals surface area contributed by atoms with Gasteiger partial charge in [0.15, 0.2) is 0 Å². The Bertz CT molecular complexity index is 694. The molecule has 1 aromatic carbocycles. The molecule has 0 amide bonds. The molecule has 1 saturated carbocycles. The molecule has 0 aromatic heterocycles. The molecule has 0 spiro atoms. The Kier molecular flexibility index (Phi) is 8.31.